The van der Waals surface area contributed by atoms with Crippen LogP contribution in [0.2, 0.25) is 0 Å². The lowest BCUT2D eigenvalue weighted by Crippen LogP contribution is -2.49. The fraction of sp³-hybridized carbons (Fsp3) is 0.350. The highest BCUT2D eigenvalue weighted by Gasteiger charge is 2.22. The van der Waals surface area contributed by atoms with E-state index in [1.165, 1.54) is 0 Å². The quantitative estimate of drug-likeness (QED) is 0.812. The van der Waals surface area contributed by atoms with Crippen molar-refractivity contribution in [3.63, 3.8) is 0 Å². The summed E-state index contributed by atoms with van der Waals surface area (Å²) in [4.78, 5) is 18.7. The van der Waals surface area contributed by atoms with Crippen LogP contribution in [0.15, 0.2) is 53.0 Å². The molecule has 6 heteroatoms. The Kier molecular flexibility index (Phi) is 6.16. The van der Waals surface area contributed by atoms with Crippen LogP contribution in [0.3, 0.4) is 0 Å². The molecule has 5 nitrogen and oxygen atoms in total. The molecule has 0 bridgehead atoms. The van der Waals surface area contributed by atoms with Gasteiger partial charge in [0, 0.05) is 44.2 Å². The molecule has 0 aliphatic carbocycles. The summed E-state index contributed by atoms with van der Waals surface area (Å²) in [6.07, 6.45) is 0. The van der Waals surface area contributed by atoms with Crippen LogP contribution < -0.4 is 4.90 Å². The molecule has 0 atom stereocenters. The average Bonchev–Trinajstić information content (AvgIpc) is 2.65. The first-order valence-corrected chi connectivity index (χ1v) is 9.56. The van der Waals surface area contributed by atoms with E-state index in [2.05, 4.69) is 25.7 Å². The Balaban J connectivity index is 1.50. The number of halogens is 1. The van der Waals surface area contributed by atoms with Crippen LogP contribution in [0, 0.1) is 0 Å². The van der Waals surface area contributed by atoms with Crippen molar-refractivity contribution in [3.8, 4) is 5.75 Å². The number of hydrogen-bond acceptors (Lipinski definition) is 4. The first-order chi connectivity index (χ1) is 12.5. The second-order valence-electron chi connectivity index (χ2n) is 6.59. The molecule has 1 fully saturated rings. The van der Waals surface area contributed by atoms with Gasteiger partial charge in [0.15, 0.2) is 0 Å². The number of piperazine rings is 1. The highest BCUT2D eigenvalue weighted by atomic mass is 79.9. The molecule has 0 radical (unpaired) electrons. The zero-order chi connectivity index (χ0) is 18.5. The molecular formula is C20H24BrN3O2. The minimum Gasteiger partial charge on any atom is -0.506 e. The molecule has 1 N–H and O–H groups in total. The molecule has 0 spiro atoms. The molecule has 1 amide bonds. The largest absolute Gasteiger partial charge is 0.506 e. The number of hydrogen-bond donors (Lipinski definition) is 1. The topological polar surface area (TPSA) is 47.0 Å². The summed E-state index contributed by atoms with van der Waals surface area (Å²) in [6, 6.07) is 15.4. The van der Waals surface area contributed by atoms with Crippen molar-refractivity contribution in [2.75, 3.05) is 44.7 Å². The van der Waals surface area contributed by atoms with Gasteiger partial charge in [0.1, 0.15) is 5.75 Å². The monoisotopic (exact) mass is 417 g/mol. The normalized spacial score (nSPS) is 15.1. The van der Waals surface area contributed by atoms with Crippen molar-refractivity contribution in [2.45, 2.75) is 6.54 Å². The van der Waals surface area contributed by atoms with Gasteiger partial charge in [-0.3, -0.25) is 9.69 Å². The van der Waals surface area contributed by atoms with E-state index < -0.39 is 0 Å². The molecule has 3 rings (SSSR count). The molecule has 0 aromatic heterocycles. The third kappa shape index (κ3) is 4.56. The molecule has 26 heavy (non-hydrogen) atoms. The predicted octanol–water partition coefficient (Wildman–Crippen LogP) is 2.94. The van der Waals surface area contributed by atoms with Gasteiger partial charge in [0.25, 0.3) is 0 Å². The Labute approximate surface area is 163 Å². The number of rotatable bonds is 5. The summed E-state index contributed by atoms with van der Waals surface area (Å²) in [6.45, 7) is 4.25. The number of para-hydroxylation sites is 2. The molecule has 2 aromatic carbocycles. The van der Waals surface area contributed by atoms with Gasteiger partial charge in [0.2, 0.25) is 5.91 Å². The van der Waals surface area contributed by atoms with Crippen molar-refractivity contribution in [2.24, 2.45) is 0 Å². The highest BCUT2D eigenvalue weighted by Crippen LogP contribution is 2.27. The van der Waals surface area contributed by atoms with Gasteiger partial charge < -0.3 is 14.9 Å². The highest BCUT2D eigenvalue weighted by molar-refractivity contribution is 9.10. The van der Waals surface area contributed by atoms with Crippen LogP contribution in [-0.2, 0) is 11.3 Å². The number of anilines is 1. The van der Waals surface area contributed by atoms with Gasteiger partial charge in [-0.1, -0.05) is 46.3 Å². The number of carbonyl (C=O) groups is 1. The standard InChI is InChI=1S/C20H24BrN3O2/c1-22(14-16-6-2-3-7-17(16)21)20(26)15-23-10-12-24(13-11-23)18-8-4-5-9-19(18)25/h2-9,25H,10-15H2,1H3. The van der Waals surface area contributed by atoms with E-state index >= 15 is 0 Å². The Bertz CT molecular complexity index is 760. The SMILES string of the molecule is CN(Cc1ccccc1Br)C(=O)CN1CCN(c2ccccc2O)CC1. The molecule has 1 aliphatic rings. The number of carbonyl (C=O) groups excluding carboxylic acids is 1. The van der Waals surface area contributed by atoms with Gasteiger partial charge in [-0.15, -0.1) is 0 Å². The van der Waals surface area contributed by atoms with Gasteiger partial charge in [0.05, 0.1) is 12.2 Å². The van der Waals surface area contributed by atoms with Crippen LogP contribution in [0.1, 0.15) is 5.56 Å². The second kappa shape index (κ2) is 8.56. The fourth-order valence-corrected chi connectivity index (χ4v) is 3.57. The Morgan fingerprint density at radius 3 is 2.42 bits per heavy atom. The lowest BCUT2D eigenvalue weighted by molar-refractivity contribution is -0.131. The smallest absolute Gasteiger partial charge is 0.236 e. The Morgan fingerprint density at radius 1 is 1.08 bits per heavy atom. The molecule has 0 saturated carbocycles. The summed E-state index contributed by atoms with van der Waals surface area (Å²) in [7, 11) is 1.85. The van der Waals surface area contributed by atoms with Crippen LogP contribution >= 0.6 is 15.9 Å². The summed E-state index contributed by atoms with van der Waals surface area (Å²) in [5, 5.41) is 9.99. The number of benzene rings is 2. The number of nitrogens with zero attached hydrogens (tertiary/aromatic N) is 3. The van der Waals surface area contributed by atoms with Gasteiger partial charge in [-0.05, 0) is 23.8 Å². The molecule has 1 saturated heterocycles. The van der Waals surface area contributed by atoms with Gasteiger partial charge in [-0.2, -0.15) is 0 Å². The summed E-state index contributed by atoms with van der Waals surface area (Å²) in [5.74, 6) is 0.432. The fourth-order valence-electron chi connectivity index (χ4n) is 3.16. The van der Waals surface area contributed by atoms with E-state index in [9.17, 15) is 9.90 Å². The Morgan fingerprint density at radius 2 is 1.73 bits per heavy atom. The number of phenolic OH excluding ortho intramolecular Hbond substituents is 1. The second-order valence-corrected chi connectivity index (χ2v) is 7.45. The summed E-state index contributed by atoms with van der Waals surface area (Å²) >= 11 is 3.53. The van der Waals surface area contributed by atoms with E-state index in [0.717, 1.165) is 41.9 Å². The molecule has 2 aromatic rings. The van der Waals surface area contributed by atoms with Gasteiger partial charge in [-0.25, -0.2) is 0 Å². The Hall–Kier alpha value is -2.05. The molecular weight excluding hydrogens is 394 g/mol. The van der Waals surface area contributed by atoms with Crippen molar-refractivity contribution in [3.05, 3.63) is 58.6 Å². The molecule has 0 unspecified atom stereocenters. The minimum absolute atomic E-state index is 0.122. The van der Waals surface area contributed by atoms with Crippen molar-refractivity contribution >= 4 is 27.5 Å². The average molecular weight is 418 g/mol. The van der Waals surface area contributed by atoms with Gasteiger partial charge >= 0.3 is 0 Å². The first kappa shape index (κ1) is 18.7. The van der Waals surface area contributed by atoms with Crippen molar-refractivity contribution in [1.82, 2.24) is 9.80 Å². The molecule has 138 valence electrons. The number of amides is 1. The van der Waals surface area contributed by atoms with Crippen LogP contribution in [0.4, 0.5) is 5.69 Å². The van der Waals surface area contributed by atoms with E-state index in [1.54, 1.807) is 11.0 Å². The minimum atomic E-state index is 0.122. The number of aromatic hydroxyl groups is 1. The maximum atomic E-state index is 12.5. The number of phenols is 1. The predicted molar refractivity (Wildman–Crippen MR) is 107 cm³/mol. The van der Waals surface area contributed by atoms with Crippen molar-refractivity contribution in [1.29, 1.82) is 0 Å². The van der Waals surface area contributed by atoms with Crippen LogP contribution in [0.5, 0.6) is 5.75 Å². The van der Waals surface area contributed by atoms with E-state index in [0.29, 0.717) is 18.8 Å². The maximum Gasteiger partial charge on any atom is 0.236 e. The third-order valence-corrected chi connectivity index (χ3v) is 5.52. The maximum absolute atomic E-state index is 12.5. The lowest BCUT2D eigenvalue weighted by Gasteiger charge is -2.36. The zero-order valence-corrected chi connectivity index (χ0v) is 16.5. The molecule has 1 aliphatic heterocycles. The van der Waals surface area contributed by atoms with E-state index in [-0.39, 0.29) is 5.91 Å². The molecule has 1 heterocycles. The van der Waals surface area contributed by atoms with Crippen LogP contribution in [0.25, 0.3) is 0 Å². The first-order valence-electron chi connectivity index (χ1n) is 8.77. The number of likely N-dealkylation sites (N-methyl/N-ethyl adjacent to an activating group) is 1. The lowest BCUT2D eigenvalue weighted by atomic mass is 10.2. The zero-order valence-electron chi connectivity index (χ0n) is 14.9. The van der Waals surface area contributed by atoms with Crippen LogP contribution in [-0.4, -0.2) is 60.6 Å². The van der Waals surface area contributed by atoms with E-state index in [4.69, 9.17) is 0 Å². The summed E-state index contributed by atoms with van der Waals surface area (Å²) in [5.41, 5.74) is 1.97. The third-order valence-electron chi connectivity index (χ3n) is 4.74. The summed E-state index contributed by atoms with van der Waals surface area (Å²) < 4.78 is 1.02. The van der Waals surface area contributed by atoms with E-state index in [1.807, 2.05) is 49.5 Å². The van der Waals surface area contributed by atoms with Crippen molar-refractivity contribution < 1.29 is 9.90 Å².